The zero-order valence-corrected chi connectivity index (χ0v) is 13.3. The maximum Gasteiger partial charge on any atom is 0.119 e. The molecule has 0 aliphatic heterocycles. The first-order valence-electron chi connectivity index (χ1n) is 7.46. The minimum absolute atomic E-state index is 0.516. The molecule has 2 aliphatic rings. The third-order valence-electron chi connectivity index (χ3n) is 5.08. The fourth-order valence-corrected chi connectivity index (χ4v) is 4.53. The number of rotatable bonds is 3. The van der Waals surface area contributed by atoms with E-state index in [-0.39, 0.29) is 0 Å². The Morgan fingerprint density at radius 3 is 2.45 bits per heavy atom. The number of ether oxygens (including phenoxy) is 1. The number of alkyl halides is 1. The summed E-state index contributed by atoms with van der Waals surface area (Å²) in [6.07, 6.45) is 4.33. The molecule has 0 radical (unpaired) electrons. The first kappa shape index (κ1) is 12.7. The van der Waals surface area contributed by atoms with Gasteiger partial charge in [-0.05, 0) is 65.5 Å². The standard InChI is InChI=1S/C18H19BrO/c1-20-17-5-4-11-6-13(3-2-12(11)10-17)18(19)16-8-14-7-15(14)9-16/h2-6,10,14-16,18H,7-9H2,1H3. The maximum atomic E-state index is 5.29. The summed E-state index contributed by atoms with van der Waals surface area (Å²) in [5, 5.41) is 2.55. The van der Waals surface area contributed by atoms with Crippen LogP contribution < -0.4 is 4.74 Å². The Morgan fingerprint density at radius 2 is 1.70 bits per heavy atom. The van der Waals surface area contributed by atoms with Gasteiger partial charge in [0, 0.05) is 4.83 Å². The van der Waals surface area contributed by atoms with Crippen molar-refractivity contribution in [2.75, 3.05) is 7.11 Å². The number of benzene rings is 2. The monoisotopic (exact) mass is 330 g/mol. The van der Waals surface area contributed by atoms with Gasteiger partial charge in [0.15, 0.2) is 0 Å². The van der Waals surface area contributed by atoms with Crippen LogP contribution in [0, 0.1) is 17.8 Å². The summed E-state index contributed by atoms with van der Waals surface area (Å²) in [5.41, 5.74) is 1.42. The van der Waals surface area contributed by atoms with Crippen LogP contribution in [0.25, 0.3) is 10.8 Å². The van der Waals surface area contributed by atoms with E-state index in [9.17, 15) is 0 Å². The Balaban J connectivity index is 1.63. The fraction of sp³-hybridized carbons (Fsp3) is 0.444. The molecule has 0 saturated heterocycles. The summed E-state index contributed by atoms with van der Waals surface area (Å²) in [6, 6.07) is 13.1. The van der Waals surface area contributed by atoms with Crippen LogP contribution >= 0.6 is 15.9 Å². The van der Waals surface area contributed by atoms with Crippen LogP contribution in [0.1, 0.15) is 29.7 Å². The second-order valence-electron chi connectivity index (χ2n) is 6.36. The topological polar surface area (TPSA) is 9.23 Å². The number of hydrogen-bond donors (Lipinski definition) is 0. The van der Waals surface area contributed by atoms with Gasteiger partial charge in [0.05, 0.1) is 7.11 Å². The molecule has 2 aromatic carbocycles. The van der Waals surface area contributed by atoms with Crippen LogP contribution in [0.15, 0.2) is 36.4 Å². The highest BCUT2D eigenvalue weighted by Crippen LogP contribution is 2.58. The quantitative estimate of drug-likeness (QED) is 0.691. The zero-order chi connectivity index (χ0) is 13.7. The molecule has 0 amide bonds. The van der Waals surface area contributed by atoms with Crippen LogP contribution in [-0.4, -0.2) is 7.11 Å². The second-order valence-corrected chi connectivity index (χ2v) is 7.35. The van der Waals surface area contributed by atoms with Crippen molar-refractivity contribution in [1.29, 1.82) is 0 Å². The van der Waals surface area contributed by atoms with Gasteiger partial charge in [-0.1, -0.05) is 40.2 Å². The van der Waals surface area contributed by atoms with Crippen molar-refractivity contribution in [3.8, 4) is 5.75 Å². The number of hydrogen-bond acceptors (Lipinski definition) is 1. The summed E-state index contributed by atoms with van der Waals surface area (Å²) in [6.45, 7) is 0. The van der Waals surface area contributed by atoms with Crippen molar-refractivity contribution in [1.82, 2.24) is 0 Å². The molecular weight excluding hydrogens is 312 g/mol. The largest absolute Gasteiger partial charge is 0.497 e. The van der Waals surface area contributed by atoms with Crippen LogP contribution in [0.5, 0.6) is 5.75 Å². The lowest BCUT2D eigenvalue weighted by atomic mass is 9.93. The van der Waals surface area contributed by atoms with Gasteiger partial charge in [-0.25, -0.2) is 0 Å². The van der Waals surface area contributed by atoms with Crippen LogP contribution in [0.2, 0.25) is 0 Å². The van der Waals surface area contributed by atoms with E-state index in [0.29, 0.717) is 4.83 Å². The SMILES string of the molecule is COc1ccc2cc(C(Br)C3CC4CC4C3)ccc2c1. The van der Waals surface area contributed by atoms with Gasteiger partial charge in [-0.15, -0.1) is 0 Å². The van der Waals surface area contributed by atoms with Crippen LogP contribution in [0.3, 0.4) is 0 Å². The first-order chi connectivity index (χ1) is 9.74. The Kier molecular flexibility index (Phi) is 3.03. The van der Waals surface area contributed by atoms with Gasteiger partial charge >= 0.3 is 0 Å². The lowest BCUT2D eigenvalue weighted by Gasteiger charge is -2.20. The molecule has 3 atom stereocenters. The minimum atomic E-state index is 0.516. The van der Waals surface area contributed by atoms with E-state index in [2.05, 4.69) is 46.3 Å². The molecule has 2 aliphatic carbocycles. The highest BCUT2D eigenvalue weighted by Gasteiger charge is 2.47. The summed E-state index contributed by atoms with van der Waals surface area (Å²) in [7, 11) is 1.72. The van der Waals surface area contributed by atoms with Gasteiger partial charge in [0.25, 0.3) is 0 Å². The van der Waals surface area contributed by atoms with Crippen molar-refractivity contribution in [2.24, 2.45) is 17.8 Å². The average Bonchev–Trinajstić information content (AvgIpc) is 3.11. The molecule has 2 heteroatoms. The van der Waals surface area contributed by atoms with E-state index >= 15 is 0 Å². The molecule has 104 valence electrons. The van der Waals surface area contributed by atoms with Crippen molar-refractivity contribution >= 4 is 26.7 Å². The van der Waals surface area contributed by atoms with Gasteiger partial charge in [-0.2, -0.15) is 0 Å². The predicted octanol–water partition coefficient (Wildman–Crippen LogP) is 5.33. The molecule has 0 N–H and O–H groups in total. The van der Waals surface area contributed by atoms with Crippen molar-refractivity contribution in [3.63, 3.8) is 0 Å². The highest BCUT2D eigenvalue weighted by molar-refractivity contribution is 9.09. The molecule has 4 rings (SSSR count). The Labute approximate surface area is 128 Å². The molecule has 0 spiro atoms. The number of halogens is 1. The molecule has 2 aromatic rings. The van der Waals surface area contributed by atoms with E-state index in [4.69, 9.17) is 4.74 Å². The highest BCUT2D eigenvalue weighted by atomic mass is 79.9. The van der Waals surface area contributed by atoms with E-state index in [1.807, 2.05) is 6.07 Å². The van der Waals surface area contributed by atoms with Gasteiger partial charge < -0.3 is 4.74 Å². The van der Waals surface area contributed by atoms with E-state index in [1.165, 1.54) is 35.6 Å². The molecule has 2 fully saturated rings. The van der Waals surface area contributed by atoms with Crippen molar-refractivity contribution in [3.05, 3.63) is 42.0 Å². The lowest BCUT2D eigenvalue weighted by molar-refractivity contribution is 0.415. The first-order valence-corrected chi connectivity index (χ1v) is 8.38. The smallest absolute Gasteiger partial charge is 0.119 e. The Morgan fingerprint density at radius 1 is 1.00 bits per heavy atom. The molecule has 3 unspecified atom stereocenters. The van der Waals surface area contributed by atoms with Crippen LogP contribution in [-0.2, 0) is 0 Å². The molecule has 0 bridgehead atoms. The number of methoxy groups -OCH3 is 1. The molecular formula is C18H19BrO. The summed E-state index contributed by atoms with van der Waals surface area (Å²) in [5.74, 6) is 3.85. The molecule has 20 heavy (non-hydrogen) atoms. The normalized spacial score (nSPS) is 29.2. The van der Waals surface area contributed by atoms with Gasteiger partial charge in [0.1, 0.15) is 5.75 Å². The molecule has 0 heterocycles. The summed E-state index contributed by atoms with van der Waals surface area (Å²) < 4.78 is 5.29. The molecule has 0 aromatic heterocycles. The van der Waals surface area contributed by atoms with Crippen molar-refractivity contribution < 1.29 is 4.74 Å². The predicted molar refractivity (Wildman–Crippen MR) is 86.5 cm³/mol. The van der Waals surface area contributed by atoms with E-state index < -0.39 is 0 Å². The third-order valence-corrected chi connectivity index (χ3v) is 6.36. The van der Waals surface area contributed by atoms with E-state index in [0.717, 1.165) is 23.5 Å². The minimum Gasteiger partial charge on any atom is -0.497 e. The second kappa shape index (κ2) is 4.77. The summed E-state index contributed by atoms with van der Waals surface area (Å²) >= 11 is 3.95. The third kappa shape index (κ3) is 2.14. The number of fused-ring (bicyclic) bond motifs is 2. The summed E-state index contributed by atoms with van der Waals surface area (Å²) in [4.78, 5) is 0.516. The average molecular weight is 331 g/mol. The Bertz CT molecular complexity index is 641. The van der Waals surface area contributed by atoms with Crippen molar-refractivity contribution in [2.45, 2.75) is 24.1 Å². The zero-order valence-electron chi connectivity index (χ0n) is 11.7. The maximum absolute atomic E-state index is 5.29. The van der Waals surface area contributed by atoms with Gasteiger partial charge in [-0.3, -0.25) is 0 Å². The molecule has 1 nitrogen and oxygen atoms in total. The lowest BCUT2D eigenvalue weighted by Crippen LogP contribution is -2.05. The Hall–Kier alpha value is -1.02. The molecule has 2 saturated carbocycles. The van der Waals surface area contributed by atoms with E-state index in [1.54, 1.807) is 7.11 Å². The van der Waals surface area contributed by atoms with Crippen LogP contribution in [0.4, 0.5) is 0 Å². The van der Waals surface area contributed by atoms with Gasteiger partial charge in [0.2, 0.25) is 0 Å². The fourth-order valence-electron chi connectivity index (χ4n) is 3.81.